The van der Waals surface area contributed by atoms with Gasteiger partial charge in [-0.1, -0.05) is 54.1 Å². The van der Waals surface area contributed by atoms with E-state index < -0.39 is 18.0 Å². The number of likely N-dealkylation sites (tertiary alicyclic amines) is 1. The summed E-state index contributed by atoms with van der Waals surface area (Å²) in [5.74, 6) is -1.87. The van der Waals surface area contributed by atoms with Crippen molar-refractivity contribution in [2.24, 2.45) is 5.92 Å². The van der Waals surface area contributed by atoms with Crippen LogP contribution in [0.2, 0.25) is 5.02 Å². The molecule has 3 rings (SSSR count). The predicted octanol–water partition coefficient (Wildman–Crippen LogP) is 4.09. The third-order valence-corrected chi connectivity index (χ3v) is 5.13. The zero-order valence-electron chi connectivity index (χ0n) is 14.4. The van der Waals surface area contributed by atoms with E-state index in [-0.39, 0.29) is 19.1 Å². The van der Waals surface area contributed by atoms with Crippen molar-refractivity contribution in [2.45, 2.75) is 19.4 Å². The quantitative estimate of drug-likeness (QED) is 0.876. The normalized spacial score (nSPS) is 19.4. The van der Waals surface area contributed by atoms with Crippen molar-refractivity contribution in [1.29, 1.82) is 0 Å². The van der Waals surface area contributed by atoms with Gasteiger partial charge in [0.1, 0.15) is 6.61 Å². The van der Waals surface area contributed by atoms with Crippen molar-refractivity contribution in [2.75, 3.05) is 13.1 Å². The summed E-state index contributed by atoms with van der Waals surface area (Å²) >= 11 is 6.06. The summed E-state index contributed by atoms with van der Waals surface area (Å²) in [4.78, 5) is 25.5. The number of carboxylic acid groups (broad SMARTS) is 1. The molecule has 1 amide bonds. The van der Waals surface area contributed by atoms with Crippen molar-refractivity contribution < 1.29 is 19.4 Å². The van der Waals surface area contributed by atoms with Gasteiger partial charge in [0.05, 0.1) is 5.92 Å². The molecule has 5 nitrogen and oxygen atoms in total. The van der Waals surface area contributed by atoms with Gasteiger partial charge in [0.2, 0.25) is 0 Å². The van der Waals surface area contributed by atoms with Crippen LogP contribution < -0.4 is 0 Å². The Kier molecular flexibility index (Phi) is 5.47. The van der Waals surface area contributed by atoms with Gasteiger partial charge in [-0.05, 0) is 29.7 Å². The second-order valence-corrected chi connectivity index (χ2v) is 6.91. The Hall–Kier alpha value is -2.53. The van der Waals surface area contributed by atoms with Crippen LogP contribution in [0.25, 0.3) is 0 Å². The monoisotopic (exact) mass is 373 g/mol. The molecular formula is C20H20ClNO4. The Labute approximate surface area is 157 Å². The Morgan fingerprint density at radius 3 is 2.58 bits per heavy atom. The molecule has 1 saturated heterocycles. The van der Waals surface area contributed by atoms with Crippen molar-refractivity contribution in [3.63, 3.8) is 0 Å². The molecule has 2 aromatic carbocycles. The maximum atomic E-state index is 12.4. The summed E-state index contributed by atoms with van der Waals surface area (Å²) in [6.07, 6.45) is -0.492. The highest BCUT2D eigenvalue weighted by Crippen LogP contribution is 2.34. The summed E-state index contributed by atoms with van der Waals surface area (Å²) in [6, 6.07) is 14.9. The first kappa shape index (κ1) is 18.3. The Morgan fingerprint density at radius 2 is 1.92 bits per heavy atom. The second-order valence-electron chi connectivity index (χ2n) is 6.51. The molecule has 1 aliphatic heterocycles. The molecule has 2 unspecified atom stereocenters. The number of carboxylic acids is 1. The third kappa shape index (κ3) is 3.99. The number of rotatable bonds is 4. The van der Waals surface area contributed by atoms with Gasteiger partial charge >= 0.3 is 12.1 Å². The lowest BCUT2D eigenvalue weighted by Gasteiger charge is -2.17. The number of hydrogen-bond acceptors (Lipinski definition) is 3. The first-order valence-electron chi connectivity index (χ1n) is 8.40. The minimum absolute atomic E-state index is 0.134. The van der Waals surface area contributed by atoms with Gasteiger partial charge in [-0.3, -0.25) is 4.79 Å². The van der Waals surface area contributed by atoms with E-state index >= 15 is 0 Å². The topological polar surface area (TPSA) is 66.8 Å². The Bertz CT molecular complexity index is 809. The Morgan fingerprint density at radius 1 is 1.19 bits per heavy atom. The lowest BCUT2D eigenvalue weighted by Crippen LogP contribution is -2.30. The van der Waals surface area contributed by atoms with E-state index in [4.69, 9.17) is 16.3 Å². The average Bonchev–Trinajstić information content (AvgIpc) is 3.09. The molecule has 0 saturated carbocycles. The van der Waals surface area contributed by atoms with Gasteiger partial charge < -0.3 is 14.7 Å². The molecule has 1 N–H and O–H groups in total. The van der Waals surface area contributed by atoms with Crippen LogP contribution in [-0.4, -0.2) is 35.2 Å². The van der Waals surface area contributed by atoms with Crippen molar-refractivity contribution >= 4 is 23.7 Å². The number of nitrogens with zero attached hydrogens (tertiary/aromatic N) is 1. The molecular weight excluding hydrogens is 354 g/mol. The molecule has 6 heteroatoms. The van der Waals surface area contributed by atoms with Crippen molar-refractivity contribution in [3.05, 3.63) is 70.2 Å². The van der Waals surface area contributed by atoms with E-state index in [1.165, 1.54) is 4.90 Å². The molecule has 1 fully saturated rings. The van der Waals surface area contributed by atoms with Crippen LogP contribution in [0.15, 0.2) is 48.5 Å². The van der Waals surface area contributed by atoms with E-state index in [2.05, 4.69) is 0 Å². The fraction of sp³-hybridized carbons (Fsp3) is 0.300. The zero-order valence-corrected chi connectivity index (χ0v) is 15.1. The second kappa shape index (κ2) is 7.79. The van der Waals surface area contributed by atoms with Gasteiger partial charge in [-0.2, -0.15) is 0 Å². The van der Waals surface area contributed by atoms with E-state index in [0.29, 0.717) is 11.6 Å². The van der Waals surface area contributed by atoms with Crippen molar-refractivity contribution in [1.82, 2.24) is 4.90 Å². The summed E-state index contributed by atoms with van der Waals surface area (Å²) in [5, 5.41) is 10.2. The fourth-order valence-electron chi connectivity index (χ4n) is 3.25. The Balaban J connectivity index is 1.71. The third-order valence-electron chi connectivity index (χ3n) is 4.71. The SMILES string of the molecule is Cc1cc(C2CN(C(=O)OCc3ccccc3)CC2C(=O)O)ccc1Cl. The van der Waals surface area contributed by atoms with Crippen LogP contribution in [0.4, 0.5) is 4.79 Å². The zero-order chi connectivity index (χ0) is 18.7. The molecule has 26 heavy (non-hydrogen) atoms. The highest BCUT2D eigenvalue weighted by molar-refractivity contribution is 6.31. The number of aryl methyl sites for hydroxylation is 1. The van der Waals surface area contributed by atoms with Crippen LogP contribution in [0.5, 0.6) is 0 Å². The van der Waals surface area contributed by atoms with Gasteiger partial charge in [-0.15, -0.1) is 0 Å². The number of carbonyl (C=O) groups excluding carboxylic acids is 1. The average molecular weight is 374 g/mol. The highest BCUT2D eigenvalue weighted by atomic mass is 35.5. The van der Waals surface area contributed by atoms with Gasteiger partial charge in [0, 0.05) is 24.0 Å². The fourth-order valence-corrected chi connectivity index (χ4v) is 3.37. The summed E-state index contributed by atoms with van der Waals surface area (Å²) in [5.41, 5.74) is 2.65. The summed E-state index contributed by atoms with van der Waals surface area (Å²) < 4.78 is 5.34. The molecule has 0 spiro atoms. The standard InChI is InChI=1S/C20H20ClNO4/c1-13-9-15(7-8-18(13)21)16-10-22(11-17(16)19(23)24)20(25)26-12-14-5-3-2-4-6-14/h2-9,16-17H,10-12H2,1H3,(H,23,24). The molecule has 0 aliphatic carbocycles. The molecule has 0 aromatic heterocycles. The molecule has 136 valence electrons. The molecule has 0 bridgehead atoms. The number of carbonyl (C=O) groups is 2. The number of hydrogen-bond donors (Lipinski definition) is 1. The van der Waals surface area contributed by atoms with Crippen LogP contribution >= 0.6 is 11.6 Å². The van der Waals surface area contributed by atoms with E-state index in [9.17, 15) is 14.7 Å². The van der Waals surface area contributed by atoms with Crippen LogP contribution in [-0.2, 0) is 16.1 Å². The van der Waals surface area contributed by atoms with Crippen LogP contribution in [0.1, 0.15) is 22.6 Å². The van der Waals surface area contributed by atoms with Gasteiger partial charge in [-0.25, -0.2) is 4.79 Å². The molecule has 0 radical (unpaired) electrons. The number of halogens is 1. The highest BCUT2D eigenvalue weighted by Gasteiger charge is 2.41. The maximum Gasteiger partial charge on any atom is 0.410 e. The predicted molar refractivity (Wildman–Crippen MR) is 98.3 cm³/mol. The van der Waals surface area contributed by atoms with E-state index in [1.807, 2.05) is 49.4 Å². The lowest BCUT2D eigenvalue weighted by atomic mass is 9.88. The van der Waals surface area contributed by atoms with E-state index in [1.54, 1.807) is 6.07 Å². The lowest BCUT2D eigenvalue weighted by molar-refractivity contribution is -0.141. The minimum atomic E-state index is -0.916. The van der Waals surface area contributed by atoms with Crippen LogP contribution in [0, 0.1) is 12.8 Å². The van der Waals surface area contributed by atoms with E-state index in [0.717, 1.165) is 16.7 Å². The smallest absolute Gasteiger partial charge is 0.410 e. The summed E-state index contributed by atoms with van der Waals surface area (Å²) in [6.45, 7) is 2.49. The molecule has 1 heterocycles. The summed E-state index contributed by atoms with van der Waals surface area (Å²) in [7, 11) is 0. The first-order chi connectivity index (χ1) is 12.5. The molecule has 1 aliphatic rings. The van der Waals surface area contributed by atoms with Crippen molar-refractivity contribution in [3.8, 4) is 0 Å². The first-order valence-corrected chi connectivity index (χ1v) is 8.78. The minimum Gasteiger partial charge on any atom is -0.481 e. The number of ether oxygens (including phenoxy) is 1. The van der Waals surface area contributed by atoms with Gasteiger partial charge in [0.25, 0.3) is 0 Å². The maximum absolute atomic E-state index is 12.4. The number of amides is 1. The largest absolute Gasteiger partial charge is 0.481 e. The molecule has 2 aromatic rings. The number of benzene rings is 2. The van der Waals surface area contributed by atoms with Gasteiger partial charge in [0.15, 0.2) is 0 Å². The molecule has 2 atom stereocenters. The van der Waals surface area contributed by atoms with Crippen LogP contribution in [0.3, 0.4) is 0 Å². The number of aliphatic carboxylic acids is 1.